The minimum atomic E-state index is -0.227. The summed E-state index contributed by atoms with van der Waals surface area (Å²) in [4.78, 5) is 3.94. The van der Waals surface area contributed by atoms with Crippen LogP contribution in [0.25, 0.3) is 10.8 Å². The summed E-state index contributed by atoms with van der Waals surface area (Å²) in [7, 11) is 0. The molecule has 1 heterocycles. The van der Waals surface area contributed by atoms with Crippen LogP contribution in [-0.2, 0) is 6.54 Å². The van der Waals surface area contributed by atoms with Crippen LogP contribution in [0.1, 0.15) is 5.56 Å². The first kappa shape index (κ1) is 8.13. The largest absolute Gasteiger partial charge is 0.326 e. The van der Waals surface area contributed by atoms with E-state index in [1.165, 1.54) is 6.07 Å². The number of hydrogen-bond donors (Lipinski definition) is 1. The third-order valence-electron chi connectivity index (χ3n) is 2.08. The smallest absolute Gasteiger partial charge is 0.131 e. The molecule has 1 aromatic carbocycles. The number of nitrogens with zero attached hydrogens (tertiary/aromatic N) is 1. The Balaban J connectivity index is 2.84. The number of hydrogen-bond acceptors (Lipinski definition) is 2. The second-order valence-electron chi connectivity index (χ2n) is 2.83. The van der Waals surface area contributed by atoms with E-state index in [1.807, 2.05) is 0 Å². The average Bonchev–Trinajstić information content (AvgIpc) is 2.19. The lowest BCUT2D eigenvalue weighted by atomic mass is 10.1. The molecule has 2 N–H and O–H groups in total. The van der Waals surface area contributed by atoms with Gasteiger partial charge in [-0.05, 0) is 17.7 Å². The fraction of sp³-hybridized carbons (Fsp3) is 0.100. The number of aromatic nitrogens is 1. The van der Waals surface area contributed by atoms with Crippen LogP contribution < -0.4 is 5.73 Å². The first-order valence-corrected chi connectivity index (χ1v) is 4.04. The monoisotopic (exact) mass is 176 g/mol. The lowest BCUT2D eigenvalue weighted by Gasteiger charge is -2.03. The van der Waals surface area contributed by atoms with Gasteiger partial charge >= 0.3 is 0 Å². The lowest BCUT2D eigenvalue weighted by molar-refractivity contribution is 0.639. The quantitative estimate of drug-likeness (QED) is 0.720. The normalized spacial score (nSPS) is 10.6. The number of fused-ring (bicyclic) bond motifs is 1. The van der Waals surface area contributed by atoms with Crippen molar-refractivity contribution in [1.82, 2.24) is 4.98 Å². The Hall–Kier alpha value is -1.48. The Labute approximate surface area is 75.2 Å². The van der Waals surface area contributed by atoms with Crippen molar-refractivity contribution < 1.29 is 4.39 Å². The molecule has 2 rings (SSSR count). The van der Waals surface area contributed by atoms with E-state index in [0.29, 0.717) is 11.9 Å². The molecular formula is C10H9FN2. The SMILES string of the molecule is NCc1ccc(F)c2ccncc12. The van der Waals surface area contributed by atoms with Gasteiger partial charge in [-0.3, -0.25) is 4.98 Å². The van der Waals surface area contributed by atoms with Crippen LogP contribution in [0.2, 0.25) is 0 Å². The third-order valence-corrected chi connectivity index (χ3v) is 2.08. The Morgan fingerprint density at radius 3 is 2.85 bits per heavy atom. The van der Waals surface area contributed by atoms with Gasteiger partial charge in [0.25, 0.3) is 0 Å². The molecule has 0 saturated carbocycles. The summed E-state index contributed by atoms with van der Waals surface area (Å²) in [5.74, 6) is -0.227. The Kier molecular flexibility index (Phi) is 1.94. The van der Waals surface area contributed by atoms with E-state index in [-0.39, 0.29) is 5.82 Å². The van der Waals surface area contributed by atoms with Crippen LogP contribution in [0.15, 0.2) is 30.6 Å². The molecule has 0 aliphatic rings. The van der Waals surface area contributed by atoms with Gasteiger partial charge in [0.15, 0.2) is 0 Å². The van der Waals surface area contributed by atoms with Gasteiger partial charge in [0.05, 0.1) is 0 Å². The van der Waals surface area contributed by atoms with Gasteiger partial charge in [0, 0.05) is 29.7 Å². The standard InChI is InChI=1S/C10H9FN2/c11-10-2-1-7(5-12)9-6-13-4-3-8(9)10/h1-4,6H,5,12H2. The number of benzene rings is 1. The summed E-state index contributed by atoms with van der Waals surface area (Å²) in [6.07, 6.45) is 3.21. The summed E-state index contributed by atoms with van der Waals surface area (Å²) < 4.78 is 13.2. The van der Waals surface area contributed by atoms with Crippen molar-refractivity contribution in [2.24, 2.45) is 5.73 Å². The van der Waals surface area contributed by atoms with Crippen molar-refractivity contribution in [2.45, 2.75) is 6.54 Å². The number of halogens is 1. The molecule has 0 saturated heterocycles. The first-order chi connectivity index (χ1) is 6.33. The maximum atomic E-state index is 13.2. The minimum Gasteiger partial charge on any atom is -0.326 e. The molecular weight excluding hydrogens is 167 g/mol. The molecule has 0 unspecified atom stereocenters. The molecule has 0 fully saturated rings. The second-order valence-corrected chi connectivity index (χ2v) is 2.83. The van der Waals surface area contributed by atoms with Gasteiger partial charge < -0.3 is 5.73 Å². The van der Waals surface area contributed by atoms with Crippen LogP contribution in [0.3, 0.4) is 0 Å². The highest BCUT2D eigenvalue weighted by Gasteiger charge is 2.03. The fourth-order valence-electron chi connectivity index (χ4n) is 1.39. The highest BCUT2D eigenvalue weighted by atomic mass is 19.1. The predicted octanol–water partition coefficient (Wildman–Crippen LogP) is 1.83. The fourth-order valence-corrected chi connectivity index (χ4v) is 1.39. The van der Waals surface area contributed by atoms with Crippen LogP contribution >= 0.6 is 0 Å². The van der Waals surface area contributed by atoms with Crippen LogP contribution in [0.4, 0.5) is 4.39 Å². The van der Waals surface area contributed by atoms with Crippen molar-refractivity contribution in [3.8, 4) is 0 Å². The Morgan fingerprint density at radius 2 is 2.08 bits per heavy atom. The molecule has 0 radical (unpaired) electrons. The highest BCUT2D eigenvalue weighted by molar-refractivity contribution is 5.85. The molecule has 3 heteroatoms. The molecule has 1 aromatic heterocycles. The van der Waals surface area contributed by atoms with Gasteiger partial charge in [-0.1, -0.05) is 6.07 Å². The molecule has 0 spiro atoms. The topological polar surface area (TPSA) is 38.9 Å². The van der Waals surface area contributed by atoms with E-state index >= 15 is 0 Å². The molecule has 0 atom stereocenters. The van der Waals surface area contributed by atoms with Crippen molar-refractivity contribution >= 4 is 10.8 Å². The zero-order valence-electron chi connectivity index (χ0n) is 7.00. The van der Waals surface area contributed by atoms with Crippen molar-refractivity contribution in [2.75, 3.05) is 0 Å². The van der Waals surface area contributed by atoms with E-state index in [0.717, 1.165) is 10.9 Å². The van der Waals surface area contributed by atoms with E-state index < -0.39 is 0 Å². The molecule has 66 valence electrons. The van der Waals surface area contributed by atoms with Gasteiger partial charge in [-0.2, -0.15) is 0 Å². The molecule has 13 heavy (non-hydrogen) atoms. The molecule has 0 aliphatic heterocycles. The summed E-state index contributed by atoms with van der Waals surface area (Å²) >= 11 is 0. The maximum Gasteiger partial charge on any atom is 0.131 e. The van der Waals surface area contributed by atoms with E-state index in [9.17, 15) is 4.39 Å². The summed E-state index contributed by atoms with van der Waals surface area (Å²) in [5, 5.41) is 1.38. The van der Waals surface area contributed by atoms with Gasteiger partial charge in [0.1, 0.15) is 5.82 Å². The van der Waals surface area contributed by atoms with Crippen LogP contribution in [0.5, 0.6) is 0 Å². The average molecular weight is 176 g/mol. The summed E-state index contributed by atoms with van der Waals surface area (Å²) in [6, 6.07) is 4.79. The van der Waals surface area contributed by atoms with Gasteiger partial charge in [-0.25, -0.2) is 4.39 Å². The Morgan fingerprint density at radius 1 is 1.23 bits per heavy atom. The molecule has 0 bridgehead atoms. The van der Waals surface area contributed by atoms with Gasteiger partial charge in [0.2, 0.25) is 0 Å². The Bertz CT molecular complexity index is 440. The highest BCUT2D eigenvalue weighted by Crippen LogP contribution is 2.20. The van der Waals surface area contributed by atoms with E-state index in [4.69, 9.17) is 5.73 Å². The zero-order valence-corrected chi connectivity index (χ0v) is 7.00. The number of nitrogens with two attached hydrogens (primary N) is 1. The maximum absolute atomic E-state index is 13.2. The summed E-state index contributed by atoms with van der Waals surface area (Å²) in [5.41, 5.74) is 6.44. The van der Waals surface area contributed by atoms with E-state index in [1.54, 1.807) is 24.5 Å². The minimum absolute atomic E-state index is 0.227. The van der Waals surface area contributed by atoms with Crippen LogP contribution in [0, 0.1) is 5.82 Å². The van der Waals surface area contributed by atoms with Gasteiger partial charge in [-0.15, -0.1) is 0 Å². The zero-order chi connectivity index (χ0) is 9.26. The number of rotatable bonds is 1. The lowest BCUT2D eigenvalue weighted by Crippen LogP contribution is -1.98. The molecule has 0 aliphatic carbocycles. The predicted molar refractivity (Wildman–Crippen MR) is 49.6 cm³/mol. The molecule has 2 aromatic rings. The summed E-state index contributed by atoms with van der Waals surface area (Å²) in [6.45, 7) is 0.405. The first-order valence-electron chi connectivity index (χ1n) is 4.04. The van der Waals surface area contributed by atoms with Crippen LogP contribution in [-0.4, -0.2) is 4.98 Å². The molecule has 2 nitrogen and oxygen atoms in total. The van der Waals surface area contributed by atoms with Crippen molar-refractivity contribution in [3.63, 3.8) is 0 Å². The molecule has 0 amide bonds. The second kappa shape index (κ2) is 3.11. The number of pyridine rings is 1. The van der Waals surface area contributed by atoms with E-state index in [2.05, 4.69) is 4.98 Å². The third kappa shape index (κ3) is 1.27. The van der Waals surface area contributed by atoms with Crippen molar-refractivity contribution in [1.29, 1.82) is 0 Å². The van der Waals surface area contributed by atoms with Crippen molar-refractivity contribution in [3.05, 3.63) is 42.0 Å².